The summed E-state index contributed by atoms with van der Waals surface area (Å²) in [6.45, 7) is 5.46. The molecule has 1 aliphatic heterocycles. The molecule has 2 N–H and O–H groups in total. The molecular formula is C15H26N2O3. The summed E-state index contributed by atoms with van der Waals surface area (Å²) in [6, 6.07) is -0.0966. The van der Waals surface area contributed by atoms with Crippen LogP contribution in [-0.2, 0) is 4.79 Å². The van der Waals surface area contributed by atoms with E-state index in [-0.39, 0.29) is 11.9 Å². The van der Waals surface area contributed by atoms with Crippen LogP contribution in [0.15, 0.2) is 0 Å². The number of carboxylic acids is 1. The van der Waals surface area contributed by atoms with Crippen molar-refractivity contribution in [2.24, 2.45) is 17.3 Å². The van der Waals surface area contributed by atoms with Gasteiger partial charge in [0.05, 0.1) is 5.41 Å². The highest BCUT2D eigenvalue weighted by molar-refractivity contribution is 5.80. The van der Waals surface area contributed by atoms with Crippen molar-refractivity contribution in [1.29, 1.82) is 0 Å². The van der Waals surface area contributed by atoms with Crippen LogP contribution in [0.3, 0.4) is 0 Å². The van der Waals surface area contributed by atoms with Crippen LogP contribution in [0.1, 0.15) is 46.0 Å². The van der Waals surface area contributed by atoms with Crippen LogP contribution < -0.4 is 5.32 Å². The highest BCUT2D eigenvalue weighted by Gasteiger charge is 2.48. The lowest BCUT2D eigenvalue weighted by molar-refractivity contribution is -0.150. The summed E-state index contributed by atoms with van der Waals surface area (Å²) >= 11 is 0. The monoisotopic (exact) mass is 282 g/mol. The van der Waals surface area contributed by atoms with Crippen LogP contribution in [0.4, 0.5) is 4.79 Å². The van der Waals surface area contributed by atoms with Crippen molar-refractivity contribution in [1.82, 2.24) is 10.2 Å². The van der Waals surface area contributed by atoms with Crippen molar-refractivity contribution < 1.29 is 14.7 Å². The van der Waals surface area contributed by atoms with Crippen LogP contribution in [0.5, 0.6) is 0 Å². The summed E-state index contributed by atoms with van der Waals surface area (Å²) in [5.41, 5.74) is -0.773. The molecule has 0 aromatic heterocycles. The predicted molar refractivity (Wildman–Crippen MR) is 76.5 cm³/mol. The molecular weight excluding hydrogens is 256 g/mol. The Balaban J connectivity index is 1.87. The fourth-order valence-corrected chi connectivity index (χ4v) is 3.46. The van der Waals surface area contributed by atoms with Gasteiger partial charge >= 0.3 is 12.0 Å². The standard InChI is InChI=1S/C15H26N2O3/c1-11(2)15(13(18)19)7-8-17(10-15)14(20)16-9-12-5-3-4-6-12/h11-12H,3-10H2,1-2H3,(H,16,20)(H,18,19). The summed E-state index contributed by atoms with van der Waals surface area (Å²) in [6.07, 6.45) is 5.48. The number of hydrogen-bond acceptors (Lipinski definition) is 2. The van der Waals surface area contributed by atoms with Crippen LogP contribution in [0, 0.1) is 17.3 Å². The molecule has 1 saturated carbocycles. The maximum atomic E-state index is 12.2. The van der Waals surface area contributed by atoms with E-state index in [9.17, 15) is 14.7 Å². The molecule has 20 heavy (non-hydrogen) atoms. The molecule has 5 heteroatoms. The Morgan fingerprint density at radius 1 is 1.35 bits per heavy atom. The van der Waals surface area contributed by atoms with Crippen LogP contribution >= 0.6 is 0 Å². The molecule has 5 nitrogen and oxygen atoms in total. The third-order valence-electron chi connectivity index (χ3n) is 5.14. The molecule has 2 fully saturated rings. The van der Waals surface area contributed by atoms with Crippen molar-refractivity contribution >= 4 is 12.0 Å². The zero-order chi connectivity index (χ0) is 14.8. The zero-order valence-electron chi connectivity index (χ0n) is 12.5. The van der Waals surface area contributed by atoms with E-state index >= 15 is 0 Å². The van der Waals surface area contributed by atoms with E-state index < -0.39 is 11.4 Å². The lowest BCUT2D eigenvalue weighted by Crippen LogP contribution is -2.44. The van der Waals surface area contributed by atoms with E-state index in [1.807, 2.05) is 13.8 Å². The number of hydrogen-bond donors (Lipinski definition) is 2. The van der Waals surface area contributed by atoms with Gasteiger partial charge < -0.3 is 15.3 Å². The molecule has 2 rings (SSSR count). The van der Waals surface area contributed by atoms with Gasteiger partial charge in [-0.05, 0) is 31.1 Å². The van der Waals surface area contributed by atoms with Crippen molar-refractivity contribution in [2.45, 2.75) is 46.0 Å². The maximum absolute atomic E-state index is 12.2. The summed E-state index contributed by atoms with van der Waals surface area (Å²) in [5.74, 6) is -0.137. The van der Waals surface area contributed by atoms with Crippen LogP contribution in [0.25, 0.3) is 0 Å². The smallest absolute Gasteiger partial charge is 0.317 e. The molecule has 1 unspecified atom stereocenters. The number of carbonyl (C=O) groups excluding carboxylic acids is 1. The molecule has 114 valence electrons. The normalized spacial score (nSPS) is 27.2. The maximum Gasteiger partial charge on any atom is 0.317 e. The van der Waals surface area contributed by atoms with Crippen molar-refractivity contribution in [2.75, 3.05) is 19.6 Å². The molecule has 0 radical (unpaired) electrons. The third-order valence-corrected chi connectivity index (χ3v) is 5.14. The quantitative estimate of drug-likeness (QED) is 0.831. The highest BCUT2D eigenvalue weighted by Crippen LogP contribution is 2.38. The van der Waals surface area contributed by atoms with E-state index in [1.54, 1.807) is 4.90 Å². The van der Waals surface area contributed by atoms with Gasteiger partial charge in [-0.15, -0.1) is 0 Å². The Bertz CT molecular complexity index is 377. The van der Waals surface area contributed by atoms with Crippen molar-refractivity contribution in [3.8, 4) is 0 Å². The largest absolute Gasteiger partial charge is 0.481 e. The summed E-state index contributed by atoms with van der Waals surface area (Å²) in [5, 5.41) is 12.5. The first kappa shape index (κ1) is 15.1. The molecule has 2 aliphatic rings. The van der Waals surface area contributed by atoms with Gasteiger partial charge in [-0.1, -0.05) is 26.7 Å². The Labute approximate surface area is 120 Å². The average Bonchev–Trinajstić information content (AvgIpc) is 3.05. The number of nitrogens with zero attached hydrogens (tertiary/aromatic N) is 1. The first-order valence-electron chi connectivity index (χ1n) is 7.72. The van der Waals surface area contributed by atoms with E-state index in [2.05, 4.69) is 5.32 Å². The molecule has 2 amide bonds. The molecule has 1 atom stereocenters. The topological polar surface area (TPSA) is 69.6 Å². The van der Waals surface area contributed by atoms with Gasteiger partial charge in [-0.3, -0.25) is 4.79 Å². The SMILES string of the molecule is CC(C)C1(C(=O)O)CCN(C(=O)NCC2CCCC2)C1. The van der Waals surface area contributed by atoms with Crippen LogP contribution in [-0.4, -0.2) is 41.6 Å². The number of carbonyl (C=O) groups is 2. The molecule has 0 bridgehead atoms. The Morgan fingerprint density at radius 2 is 2.00 bits per heavy atom. The van der Waals surface area contributed by atoms with Gasteiger partial charge in [0, 0.05) is 19.6 Å². The predicted octanol–water partition coefficient (Wildman–Crippen LogP) is 2.32. The summed E-state index contributed by atoms with van der Waals surface area (Å²) in [7, 11) is 0. The van der Waals surface area contributed by atoms with E-state index in [4.69, 9.17) is 0 Å². The first-order chi connectivity index (χ1) is 9.45. The first-order valence-corrected chi connectivity index (χ1v) is 7.72. The molecule has 0 spiro atoms. The van der Waals surface area contributed by atoms with Gasteiger partial charge in [-0.25, -0.2) is 4.79 Å². The van der Waals surface area contributed by atoms with Crippen molar-refractivity contribution in [3.05, 3.63) is 0 Å². The van der Waals surface area contributed by atoms with E-state index in [1.165, 1.54) is 25.7 Å². The minimum absolute atomic E-state index is 0.0348. The van der Waals surface area contributed by atoms with E-state index in [0.29, 0.717) is 25.4 Å². The second-order valence-electron chi connectivity index (χ2n) is 6.62. The van der Waals surface area contributed by atoms with Crippen LogP contribution in [0.2, 0.25) is 0 Å². The third kappa shape index (κ3) is 2.91. The Kier molecular flexibility index (Phi) is 4.55. The second-order valence-corrected chi connectivity index (χ2v) is 6.62. The van der Waals surface area contributed by atoms with Crippen molar-refractivity contribution in [3.63, 3.8) is 0 Å². The number of likely N-dealkylation sites (tertiary alicyclic amines) is 1. The molecule has 0 aromatic rings. The average molecular weight is 282 g/mol. The molecule has 0 aromatic carbocycles. The Morgan fingerprint density at radius 3 is 2.50 bits per heavy atom. The second kappa shape index (κ2) is 6.02. The van der Waals surface area contributed by atoms with E-state index in [0.717, 1.165) is 6.54 Å². The van der Waals surface area contributed by atoms with Gasteiger partial charge in [0.25, 0.3) is 0 Å². The molecule has 1 aliphatic carbocycles. The van der Waals surface area contributed by atoms with Gasteiger partial charge in [0.15, 0.2) is 0 Å². The number of aliphatic carboxylic acids is 1. The highest BCUT2D eigenvalue weighted by atomic mass is 16.4. The number of amides is 2. The Hall–Kier alpha value is -1.26. The fourth-order valence-electron chi connectivity index (χ4n) is 3.46. The minimum Gasteiger partial charge on any atom is -0.481 e. The number of rotatable bonds is 4. The van der Waals surface area contributed by atoms with Gasteiger partial charge in [-0.2, -0.15) is 0 Å². The zero-order valence-corrected chi connectivity index (χ0v) is 12.5. The van der Waals surface area contributed by atoms with Gasteiger partial charge in [0.2, 0.25) is 0 Å². The lowest BCUT2D eigenvalue weighted by Gasteiger charge is -2.28. The minimum atomic E-state index is -0.779. The van der Waals surface area contributed by atoms with Gasteiger partial charge in [0.1, 0.15) is 0 Å². The summed E-state index contributed by atoms with van der Waals surface area (Å²) < 4.78 is 0. The molecule has 1 saturated heterocycles. The fraction of sp³-hybridized carbons (Fsp3) is 0.867. The number of nitrogens with one attached hydrogen (secondary N) is 1. The molecule has 1 heterocycles. The lowest BCUT2D eigenvalue weighted by atomic mass is 9.76. The summed E-state index contributed by atoms with van der Waals surface area (Å²) in [4.78, 5) is 25.4. The number of carboxylic acid groups (broad SMARTS) is 1. The number of urea groups is 1.